The van der Waals surface area contributed by atoms with E-state index >= 15 is 0 Å². The predicted octanol–water partition coefficient (Wildman–Crippen LogP) is 6.68. The average Bonchev–Trinajstić information content (AvgIpc) is 2.81. The normalized spacial score (nSPS) is 10.4. The Kier molecular flexibility index (Phi) is 10.7. The van der Waals surface area contributed by atoms with Crippen molar-refractivity contribution in [2.24, 2.45) is 0 Å². The molecule has 8 heteroatoms. The molecule has 4 aromatic carbocycles. The van der Waals surface area contributed by atoms with E-state index in [0.29, 0.717) is 22.6 Å². The number of sulfone groups is 1. The minimum atomic E-state index is -3.64. The van der Waals surface area contributed by atoms with E-state index in [4.69, 9.17) is 0 Å². The molecule has 0 saturated heterocycles. The highest BCUT2D eigenvalue weighted by Crippen LogP contribution is 2.29. The molecule has 4 N–H and O–H groups in total. The third kappa shape index (κ3) is 7.21. The van der Waals surface area contributed by atoms with Gasteiger partial charge in [-0.3, -0.25) is 0 Å². The first-order chi connectivity index (χ1) is 16.4. The predicted molar refractivity (Wildman–Crippen MR) is 153 cm³/mol. The first kappa shape index (κ1) is 31.4. The van der Waals surface area contributed by atoms with E-state index in [0.717, 1.165) is 22.3 Å². The fourth-order valence-electron chi connectivity index (χ4n) is 3.40. The van der Waals surface area contributed by atoms with Crippen LogP contribution in [0.25, 0.3) is 11.1 Å². The second kappa shape index (κ2) is 12.6. The average molecular weight is 543 g/mol. The van der Waals surface area contributed by atoms with Crippen LogP contribution in [0.2, 0.25) is 0 Å². The van der Waals surface area contributed by atoms with Gasteiger partial charge in [0.2, 0.25) is 9.84 Å². The minimum absolute atomic E-state index is 0. The maximum absolute atomic E-state index is 12.4. The zero-order valence-electron chi connectivity index (χ0n) is 20.4. The molecule has 0 bridgehead atoms. The highest BCUT2D eigenvalue weighted by Gasteiger charge is 2.19. The summed E-state index contributed by atoms with van der Waals surface area (Å²) in [6.07, 6.45) is 0. The van der Waals surface area contributed by atoms with Crippen LogP contribution in [0, 0.1) is 27.7 Å². The van der Waals surface area contributed by atoms with Gasteiger partial charge in [0.1, 0.15) is 23.0 Å². The second-order valence-electron chi connectivity index (χ2n) is 8.40. The number of aryl methyl sites for hydroxylation is 4. The monoisotopic (exact) mass is 542 g/mol. The molecule has 6 nitrogen and oxygen atoms in total. The summed E-state index contributed by atoms with van der Waals surface area (Å²) in [4.78, 5) is 0.237. The topological polar surface area (TPSA) is 115 Å². The van der Waals surface area contributed by atoms with E-state index in [1.54, 1.807) is 26.0 Å². The molecule has 0 aromatic heterocycles. The molecule has 0 spiro atoms. The second-order valence-corrected chi connectivity index (χ2v) is 10.4. The zero-order chi connectivity index (χ0) is 25.9. The van der Waals surface area contributed by atoms with Gasteiger partial charge in [0.15, 0.2) is 0 Å². The molecule has 0 aliphatic carbocycles. The van der Waals surface area contributed by atoms with Crippen LogP contribution >= 0.6 is 13.5 Å². The van der Waals surface area contributed by atoms with Gasteiger partial charge in [0.25, 0.3) is 0 Å². The van der Waals surface area contributed by atoms with Crippen molar-refractivity contribution in [3.63, 3.8) is 0 Å². The Labute approximate surface area is 225 Å². The number of benzene rings is 4. The summed E-state index contributed by atoms with van der Waals surface area (Å²) in [5.41, 5.74) is 4.77. The van der Waals surface area contributed by atoms with Crippen LogP contribution < -0.4 is 0 Å². The molecule has 0 saturated carbocycles. The summed E-state index contributed by atoms with van der Waals surface area (Å²) in [6.45, 7) is 7.01. The lowest BCUT2D eigenvalue weighted by Crippen LogP contribution is -2.02. The zero-order valence-corrected chi connectivity index (χ0v) is 22.3. The quantitative estimate of drug-likeness (QED) is 0.230. The van der Waals surface area contributed by atoms with E-state index < -0.39 is 9.84 Å². The Balaban J connectivity index is 0.000000355. The molecule has 0 aliphatic rings. The molecule has 4 rings (SSSR count). The number of phenols is 4. The van der Waals surface area contributed by atoms with Gasteiger partial charge in [0, 0.05) is 0 Å². The molecule has 198 valence electrons. The van der Waals surface area contributed by atoms with Crippen LogP contribution in [0.4, 0.5) is 0 Å². The van der Waals surface area contributed by atoms with E-state index in [-0.39, 0.29) is 42.2 Å². The van der Waals surface area contributed by atoms with Crippen LogP contribution in [-0.4, -0.2) is 28.8 Å². The molecule has 0 fully saturated rings. The van der Waals surface area contributed by atoms with Crippen molar-refractivity contribution in [1.82, 2.24) is 0 Å². The maximum atomic E-state index is 12.4. The van der Waals surface area contributed by atoms with E-state index in [1.807, 2.05) is 38.1 Å². The fourth-order valence-corrected chi connectivity index (χ4v) is 4.83. The Morgan fingerprint density at radius 2 is 0.757 bits per heavy atom. The largest absolute Gasteiger partial charge is 0.508 e. The number of hydrogen-bond acceptors (Lipinski definition) is 6. The Hall–Kier alpha value is -3.62. The van der Waals surface area contributed by atoms with Crippen LogP contribution in [-0.2, 0) is 9.84 Å². The first-order valence-electron chi connectivity index (χ1n) is 10.8. The van der Waals surface area contributed by atoms with Gasteiger partial charge in [-0.15, -0.1) is 0 Å². The smallest absolute Gasteiger partial charge is 0.206 e. The Morgan fingerprint density at radius 1 is 0.486 bits per heavy atom. The SMILES string of the molecule is C.Cc1cc(-c2ccc(O)c(C)c2)ccc1O.Cc1cc(S(=O)(=O)c2ccc(O)c(C)c2)ccc1O.S. The lowest BCUT2D eigenvalue weighted by atomic mass is 10.0. The van der Waals surface area contributed by atoms with Crippen molar-refractivity contribution in [3.05, 3.63) is 95.1 Å². The molecule has 0 unspecified atom stereocenters. The van der Waals surface area contributed by atoms with Crippen LogP contribution in [0.3, 0.4) is 0 Å². The van der Waals surface area contributed by atoms with Gasteiger partial charge < -0.3 is 20.4 Å². The number of phenolic OH excluding ortho intramolecular Hbond substituents is 4. The van der Waals surface area contributed by atoms with Crippen molar-refractivity contribution in [3.8, 4) is 34.1 Å². The molecule has 0 amide bonds. The first-order valence-corrected chi connectivity index (χ1v) is 12.3. The minimum Gasteiger partial charge on any atom is -0.508 e. The highest BCUT2D eigenvalue weighted by molar-refractivity contribution is 7.91. The molecule has 4 aromatic rings. The Morgan fingerprint density at radius 3 is 1.03 bits per heavy atom. The van der Waals surface area contributed by atoms with E-state index in [2.05, 4.69) is 0 Å². The molecule has 0 heterocycles. The van der Waals surface area contributed by atoms with Crippen molar-refractivity contribution < 1.29 is 28.8 Å². The van der Waals surface area contributed by atoms with Crippen molar-refractivity contribution >= 4 is 23.3 Å². The summed E-state index contributed by atoms with van der Waals surface area (Å²) in [6, 6.07) is 19.3. The van der Waals surface area contributed by atoms with Gasteiger partial charge in [-0.25, -0.2) is 8.42 Å². The third-order valence-electron chi connectivity index (χ3n) is 5.68. The van der Waals surface area contributed by atoms with Gasteiger partial charge in [-0.05, 0) is 122 Å². The summed E-state index contributed by atoms with van der Waals surface area (Å²) in [7, 11) is -3.64. The fraction of sp³-hybridized carbons (Fsp3) is 0.172. The van der Waals surface area contributed by atoms with Gasteiger partial charge in [0.05, 0.1) is 9.79 Å². The molecular formula is C29H34O6S2. The van der Waals surface area contributed by atoms with Gasteiger partial charge in [-0.2, -0.15) is 13.5 Å². The lowest BCUT2D eigenvalue weighted by Gasteiger charge is -2.08. The van der Waals surface area contributed by atoms with Crippen LogP contribution in [0.1, 0.15) is 29.7 Å². The van der Waals surface area contributed by atoms with E-state index in [9.17, 15) is 28.8 Å². The number of rotatable bonds is 3. The lowest BCUT2D eigenvalue weighted by molar-refractivity contribution is 0.470. The third-order valence-corrected chi connectivity index (χ3v) is 7.43. The number of hydrogen-bond donors (Lipinski definition) is 4. The van der Waals surface area contributed by atoms with Gasteiger partial charge >= 0.3 is 0 Å². The summed E-state index contributed by atoms with van der Waals surface area (Å²) in [5, 5.41) is 37.8. The highest BCUT2D eigenvalue weighted by atomic mass is 32.2. The molecule has 0 aliphatic heterocycles. The summed E-state index contributed by atoms with van der Waals surface area (Å²) >= 11 is 0. The van der Waals surface area contributed by atoms with Crippen molar-refractivity contribution in [1.29, 1.82) is 0 Å². The summed E-state index contributed by atoms with van der Waals surface area (Å²) in [5.74, 6) is 0.722. The summed E-state index contributed by atoms with van der Waals surface area (Å²) < 4.78 is 24.8. The molecular weight excluding hydrogens is 508 g/mol. The Bertz CT molecular complexity index is 1390. The number of aromatic hydroxyl groups is 4. The van der Waals surface area contributed by atoms with Crippen molar-refractivity contribution in [2.45, 2.75) is 44.9 Å². The van der Waals surface area contributed by atoms with E-state index in [1.165, 1.54) is 36.4 Å². The van der Waals surface area contributed by atoms with Gasteiger partial charge in [-0.1, -0.05) is 19.6 Å². The van der Waals surface area contributed by atoms with Crippen LogP contribution in [0.15, 0.2) is 82.6 Å². The molecule has 0 atom stereocenters. The van der Waals surface area contributed by atoms with Crippen molar-refractivity contribution in [2.75, 3.05) is 0 Å². The molecule has 37 heavy (non-hydrogen) atoms. The maximum Gasteiger partial charge on any atom is 0.206 e. The van der Waals surface area contributed by atoms with Crippen LogP contribution in [0.5, 0.6) is 23.0 Å². The standard InChI is InChI=1S/C14H14O4S.C14H14O2.CH4.H2S/c1-9-7-11(3-5-13(9)15)19(17,18)12-4-6-14(16)10(2)8-12;1-9-7-11(3-5-13(9)15)12-4-6-14(16)10(2)8-12;;/h3-8,15-16H,1-2H3;3-8,15-16H,1-2H3;1H4;1H2. The molecule has 0 radical (unpaired) electrons.